The predicted octanol–water partition coefficient (Wildman–Crippen LogP) is 2.49. The van der Waals surface area contributed by atoms with Gasteiger partial charge < -0.3 is 0 Å². The maximum absolute atomic E-state index is 6.06. The minimum absolute atomic E-state index is 0.495. The smallest absolute Gasteiger partial charge is 0.161 e. The zero-order valence-electron chi connectivity index (χ0n) is 9.53. The number of halogens is 1. The van der Waals surface area contributed by atoms with E-state index in [1.165, 1.54) is 0 Å². The van der Waals surface area contributed by atoms with E-state index in [0.717, 1.165) is 29.3 Å². The van der Waals surface area contributed by atoms with Crippen molar-refractivity contribution < 1.29 is 0 Å². The molecule has 2 aromatic heterocycles. The van der Waals surface area contributed by atoms with Crippen LogP contribution in [0, 0.1) is 13.8 Å². The Hall–Kier alpha value is -1.42. The van der Waals surface area contributed by atoms with Crippen LogP contribution in [0.5, 0.6) is 0 Å². The summed E-state index contributed by atoms with van der Waals surface area (Å²) in [4.78, 5) is 8.64. The van der Waals surface area contributed by atoms with E-state index < -0.39 is 0 Å². The van der Waals surface area contributed by atoms with Gasteiger partial charge in [-0.05, 0) is 19.9 Å². The van der Waals surface area contributed by atoms with Gasteiger partial charge in [-0.15, -0.1) is 0 Å². The number of aryl methyl sites for hydroxylation is 2. The van der Waals surface area contributed by atoms with E-state index in [9.17, 15) is 0 Å². The van der Waals surface area contributed by atoms with Crippen molar-refractivity contribution in [1.29, 1.82) is 0 Å². The van der Waals surface area contributed by atoms with Crippen LogP contribution in [0.15, 0.2) is 12.3 Å². The number of hydrogen-bond donors (Lipinski definition) is 0. The van der Waals surface area contributed by atoms with E-state index in [-0.39, 0.29) is 0 Å². The van der Waals surface area contributed by atoms with Crippen LogP contribution in [0.1, 0.15) is 24.0 Å². The van der Waals surface area contributed by atoms with Crippen LogP contribution >= 0.6 is 11.6 Å². The maximum Gasteiger partial charge on any atom is 0.161 e. The standard InChI is InChI=1S/C11H13ClN4/c1-4-9-13-10(12)8(3)11(14-9)16-6-5-7(2)15-16/h5-6H,4H2,1-3H3. The van der Waals surface area contributed by atoms with Crippen LogP contribution in [-0.4, -0.2) is 19.7 Å². The Morgan fingerprint density at radius 2 is 2.06 bits per heavy atom. The molecule has 0 saturated carbocycles. The lowest BCUT2D eigenvalue weighted by molar-refractivity contribution is 0.794. The zero-order chi connectivity index (χ0) is 11.7. The fourth-order valence-corrected chi connectivity index (χ4v) is 1.62. The topological polar surface area (TPSA) is 43.6 Å². The second-order valence-corrected chi connectivity index (χ2v) is 3.99. The van der Waals surface area contributed by atoms with Crippen molar-refractivity contribution in [2.75, 3.05) is 0 Å². The molecule has 0 N–H and O–H groups in total. The van der Waals surface area contributed by atoms with Crippen LogP contribution in [0.4, 0.5) is 0 Å². The first-order valence-electron chi connectivity index (χ1n) is 5.17. The summed E-state index contributed by atoms with van der Waals surface area (Å²) in [5.74, 6) is 1.49. The second kappa shape index (κ2) is 4.22. The fraction of sp³-hybridized carbons (Fsp3) is 0.364. The molecule has 0 radical (unpaired) electrons. The lowest BCUT2D eigenvalue weighted by Gasteiger charge is -2.07. The Morgan fingerprint density at radius 3 is 2.62 bits per heavy atom. The Labute approximate surface area is 99.3 Å². The van der Waals surface area contributed by atoms with Gasteiger partial charge in [0, 0.05) is 18.2 Å². The largest absolute Gasteiger partial charge is 0.222 e. The molecule has 0 aromatic carbocycles. The third kappa shape index (κ3) is 1.93. The van der Waals surface area contributed by atoms with Crippen molar-refractivity contribution in [3.05, 3.63) is 34.5 Å². The van der Waals surface area contributed by atoms with Crippen molar-refractivity contribution in [3.8, 4) is 5.82 Å². The van der Waals surface area contributed by atoms with Gasteiger partial charge in [-0.25, -0.2) is 14.6 Å². The summed E-state index contributed by atoms with van der Waals surface area (Å²) in [6.45, 7) is 5.84. The van der Waals surface area contributed by atoms with Gasteiger partial charge in [0.1, 0.15) is 11.0 Å². The number of aromatic nitrogens is 4. The van der Waals surface area contributed by atoms with Crippen LogP contribution in [0.3, 0.4) is 0 Å². The van der Waals surface area contributed by atoms with Crippen LogP contribution in [-0.2, 0) is 6.42 Å². The van der Waals surface area contributed by atoms with Gasteiger partial charge in [0.05, 0.1) is 5.69 Å². The lowest BCUT2D eigenvalue weighted by atomic mass is 10.3. The summed E-state index contributed by atoms with van der Waals surface area (Å²) in [7, 11) is 0. The molecule has 16 heavy (non-hydrogen) atoms. The van der Waals surface area contributed by atoms with E-state index in [0.29, 0.717) is 5.15 Å². The Morgan fingerprint density at radius 1 is 1.31 bits per heavy atom. The minimum atomic E-state index is 0.495. The molecule has 2 rings (SSSR count). The molecule has 84 valence electrons. The highest BCUT2D eigenvalue weighted by molar-refractivity contribution is 6.30. The van der Waals surface area contributed by atoms with E-state index in [1.807, 2.05) is 33.0 Å². The molecule has 5 heteroatoms. The summed E-state index contributed by atoms with van der Waals surface area (Å²) in [5, 5.41) is 4.82. The SMILES string of the molecule is CCc1nc(Cl)c(C)c(-n2ccc(C)n2)n1. The monoisotopic (exact) mass is 236 g/mol. The Bertz CT molecular complexity index is 519. The third-order valence-electron chi connectivity index (χ3n) is 2.36. The summed E-state index contributed by atoms with van der Waals surface area (Å²) < 4.78 is 1.73. The highest BCUT2D eigenvalue weighted by Crippen LogP contribution is 2.18. The molecule has 4 nitrogen and oxygen atoms in total. The highest BCUT2D eigenvalue weighted by atomic mass is 35.5. The number of hydrogen-bond acceptors (Lipinski definition) is 3. The molecule has 0 atom stereocenters. The van der Waals surface area contributed by atoms with Crippen molar-refractivity contribution in [3.63, 3.8) is 0 Å². The van der Waals surface area contributed by atoms with Crippen molar-refractivity contribution in [2.45, 2.75) is 27.2 Å². The summed E-state index contributed by atoms with van der Waals surface area (Å²) in [6.07, 6.45) is 2.63. The molecule has 2 aromatic rings. The molecular weight excluding hydrogens is 224 g/mol. The molecule has 0 unspecified atom stereocenters. The van der Waals surface area contributed by atoms with Gasteiger partial charge in [0.15, 0.2) is 5.82 Å². The first-order chi connectivity index (χ1) is 7.61. The first-order valence-corrected chi connectivity index (χ1v) is 5.55. The summed E-state index contributed by atoms with van der Waals surface area (Å²) in [6, 6.07) is 1.93. The molecule has 0 bridgehead atoms. The van der Waals surface area contributed by atoms with E-state index in [2.05, 4.69) is 15.1 Å². The average molecular weight is 237 g/mol. The average Bonchev–Trinajstić information content (AvgIpc) is 2.68. The summed E-state index contributed by atoms with van der Waals surface area (Å²) >= 11 is 6.06. The second-order valence-electron chi connectivity index (χ2n) is 3.63. The first kappa shape index (κ1) is 11.1. The summed E-state index contributed by atoms with van der Waals surface area (Å²) in [5.41, 5.74) is 1.80. The Balaban J connectivity index is 2.59. The number of nitrogens with zero attached hydrogens (tertiary/aromatic N) is 4. The molecule has 2 heterocycles. The normalized spacial score (nSPS) is 10.8. The van der Waals surface area contributed by atoms with Crippen molar-refractivity contribution >= 4 is 11.6 Å². The molecule has 0 saturated heterocycles. The molecular formula is C11H13ClN4. The van der Waals surface area contributed by atoms with Gasteiger partial charge in [-0.2, -0.15) is 5.10 Å². The molecule has 0 aliphatic heterocycles. The van der Waals surface area contributed by atoms with Gasteiger partial charge in [-0.1, -0.05) is 18.5 Å². The predicted molar refractivity (Wildman–Crippen MR) is 63.0 cm³/mol. The molecule has 0 amide bonds. The van der Waals surface area contributed by atoms with E-state index in [4.69, 9.17) is 11.6 Å². The molecule has 0 aliphatic carbocycles. The Kier molecular flexibility index (Phi) is 2.92. The van der Waals surface area contributed by atoms with Gasteiger partial charge in [-0.3, -0.25) is 0 Å². The highest BCUT2D eigenvalue weighted by Gasteiger charge is 2.10. The van der Waals surface area contributed by atoms with E-state index >= 15 is 0 Å². The maximum atomic E-state index is 6.06. The molecule has 0 fully saturated rings. The quantitative estimate of drug-likeness (QED) is 0.753. The fourth-order valence-electron chi connectivity index (χ4n) is 1.43. The van der Waals surface area contributed by atoms with Gasteiger partial charge >= 0.3 is 0 Å². The zero-order valence-corrected chi connectivity index (χ0v) is 10.3. The van der Waals surface area contributed by atoms with Crippen molar-refractivity contribution in [2.24, 2.45) is 0 Å². The van der Waals surface area contributed by atoms with Gasteiger partial charge in [0.25, 0.3) is 0 Å². The molecule has 0 aliphatic rings. The van der Waals surface area contributed by atoms with Crippen LogP contribution < -0.4 is 0 Å². The van der Waals surface area contributed by atoms with Crippen LogP contribution in [0.25, 0.3) is 5.82 Å². The number of rotatable bonds is 2. The van der Waals surface area contributed by atoms with Gasteiger partial charge in [0.2, 0.25) is 0 Å². The van der Waals surface area contributed by atoms with Crippen LogP contribution in [0.2, 0.25) is 5.15 Å². The lowest BCUT2D eigenvalue weighted by Crippen LogP contribution is -2.06. The van der Waals surface area contributed by atoms with E-state index in [1.54, 1.807) is 4.68 Å². The minimum Gasteiger partial charge on any atom is -0.222 e. The van der Waals surface area contributed by atoms with Crippen molar-refractivity contribution in [1.82, 2.24) is 19.7 Å². The molecule has 0 spiro atoms. The third-order valence-corrected chi connectivity index (χ3v) is 2.73.